The Hall–Kier alpha value is -5.56. The predicted octanol–water partition coefficient (Wildman–Crippen LogP) is 10.6. The lowest BCUT2D eigenvalue weighted by Gasteiger charge is -2.09. The van der Waals surface area contributed by atoms with Crippen LogP contribution in [0.3, 0.4) is 0 Å². The number of benzene rings is 2. The van der Waals surface area contributed by atoms with Crippen molar-refractivity contribution in [3.8, 4) is 34.0 Å². The number of carboxylic acid groups (broad SMARTS) is 1. The van der Waals surface area contributed by atoms with Gasteiger partial charge in [-0.05, 0) is 130 Å². The number of aromatic nitrogens is 6. The molecule has 6 heterocycles. The van der Waals surface area contributed by atoms with Crippen molar-refractivity contribution in [3.63, 3.8) is 0 Å². The summed E-state index contributed by atoms with van der Waals surface area (Å²) >= 11 is 21.5. The van der Waals surface area contributed by atoms with E-state index >= 15 is 0 Å². The molecular weight excluding hydrogens is 1020 g/mol. The van der Waals surface area contributed by atoms with Crippen molar-refractivity contribution in [1.29, 1.82) is 0 Å². The summed E-state index contributed by atoms with van der Waals surface area (Å²) in [4.78, 5) is 54.6. The highest BCUT2D eigenvalue weighted by molar-refractivity contribution is 9.10. The number of carbonyl (C=O) groups excluding carboxylic acids is 1. The molecule has 0 bridgehead atoms. The molecule has 6 aromatic heterocycles. The summed E-state index contributed by atoms with van der Waals surface area (Å²) in [5.41, 5.74) is 4.98. The van der Waals surface area contributed by atoms with Crippen molar-refractivity contribution in [1.82, 2.24) is 29.9 Å². The molecule has 4 N–H and O–H groups in total. The van der Waals surface area contributed by atoms with Gasteiger partial charge in [0.15, 0.2) is 0 Å². The topological polar surface area (TPSA) is 185 Å². The molecule has 0 aliphatic rings. The number of nitrogens with one attached hydrogen (secondary N) is 3. The van der Waals surface area contributed by atoms with Crippen LogP contribution in [0.25, 0.3) is 22.5 Å². The second kappa shape index (κ2) is 22.2. The van der Waals surface area contributed by atoms with Gasteiger partial charge in [0, 0.05) is 44.7 Å². The number of aromatic amines is 3. The van der Waals surface area contributed by atoms with Crippen LogP contribution in [0.5, 0.6) is 11.5 Å². The fourth-order valence-corrected chi connectivity index (χ4v) is 8.89. The third-order valence-corrected chi connectivity index (χ3v) is 12.9. The van der Waals surface area contributed by atoms with Gasteiger partial charge in [-0.25, -0.2) is 9.48 Å². The van der Waals surface area contributed by atoms with Gasteiger partial charge in [0.2, 0.25) is 0 Å². The normalized spacial score (nSPS) is 10.6. The SMILES string of the molecule is COc1ccccc1C(=O)O.COc1ccccc1C(=O)n1nc(-c2c[nH]c(=O)c(Br)c2)cc1CCc1ccc(Cl)s1.O=c1[nH]cc(-c2cc(CCc3ccc(Cl)s3)[nH]n2)cc1Br. The number of hydrogen-bond acceptors (Lipinski definition) is 10. The van der Waals surface area contributed by atoms with Gasteiger partial charge in [-0.3, -0.25) is 19.5 Å². The van der Waals surface area contributed by atoms with Crippen molar-refractivity contribution in [2.24, 2.45) is 0 Å². The van der Waals surface area contributed by atoms with E-state index in [0.717, 1.165) is 55.5 Å². The predicted molar refractivity (Wildman–Crippen MR) is 254 cm³/mol. The van der Waals surface area contributed by atoms with E-state index in [1.165, 1.54) is 41.2 Å². The average molecular weight is 1060 g/mol. The maximum absolute atomic E-state index is 13.4. The molecule has 2 aromatic carbocycles. The summed E-state index contributed by atoms with van der Waals surface area (Å²) in [6, 6.07) is 28.7. The van der Waals surface area contributed by atoms with Crippen LogP contribution in [0.1, 0.15) is 41.9 Å². The number of carbonyl (C=O) groups is 2. The van der Waals surface area contributed by atoms with Crippen molar-refractivity contribution in [2.75, 3.05) is 14.2 Å². The first-order valence-electron chi connectivity index (χ1n) is 18.8. The highest BCUT2D eigenvalue weighted by atomic mass is 79.9. The van der Waals surface area contributed by atoms with E-state index in [0.29, 0.717) is 43.7 Å². The Morgan fingerprint density at radius 2 is 1.22 bits per heavy atom. The number of carboxylic acids is 1. The molecule has 13 nitrogen and oxygen atoms in total. The minimum Gasteiger partial charge on any atom is -0.496 e. The zero-order valence-electron chi connectivity index (χ0n) is 33.3. The molecule has 0 aliphatic heterocycles. The van der Waals surface area contributed by atoms with E-state index in [9.17, 15) is 19.2 Å². The lowest BCUT2D eigenvalue weighted by molar-refractivity contribution is 0.0693. The van der Waals surface area contributed by atoms with Crippen LogP contribution in [0.2, 0.25) is 8.67 Å². The van der Waals surface area contributed by atoms with E-state index in [4.69, 9.17) is 37.8 Å². The van der Waals surface area contributed by atoms with Crippen LogP contribution in [-0.2, 0) is 25.7 Å². The van der Waals surface area contributed by atoms with E-state index in [1.54, 1.807) is 72.3 Å². The summed E-state index contributed by atoms with van der Waals surface area (Å²) in [6.45, 7) is 0. The molecule has 0 spiro atoms. The van der Waals surface area contributed by atoms with Gasteiger partial charge in [0.05, 0.1) is 48.8 Å². The maximum atomic E-state index is 13.4. The molecule has 8 aromatic rings. The number of hydrogen-bond donors (Lipinski definition) is 4. The summed E-state index contributed by atoms with van der Waals surface area (Å²) in [6.07, 6.45) is 6.34. The van der Waals surface area contributed by atoms with Gasteiger partial charge in [-0.2, -0.15) is 10.2 Å². The molecule has 324 valence electrons. The quantitative estimate of drug-likeness (QED) is 0.0924. The Kier molecular flexibility index (Phi) is 16.5. The molecular formula is C44H36Br2Cl2N6O7S2. The Labute approximate surface area is 394 Å². The first kappa shape index (κ1) is 46.9. The van der Waals surface area contributed by atoms with Gasteiger partial charge in [-0.1, -0.05) is 47.5 Å². The summed E-state index contributed by atoms with van der Waals surface area (Å²) in [7, 11) is 2.97. The smallest absolute Gasteiger partial charge is 0.339 e. The van der Waals surface area contributed by atoms with Gasteiger partial charge >= 0.3 is 5.97 Å². The number of ether oxygens (including phenoxy) is 2. The van der Waals surface area contributed by atoms with Crippen LogP contribution in [0, 0.1) is 0 Å². The summed E-state index contributed by atoms with van der Waals surface area (Å²) in [5.74, 6) is -0.388. The minimum absolute atomic E-state index is 0.149. The van der Waals surface area contributed by atoms with Crippen molar-refractivity contribution >= 4 is 89.6 Å². The molecule has 0 saturated heterocycles. The zero-order valence-corrected chi connectivity index (χ0v) is 39.6. The number of halogens is 4. The molecule has 0 radical (unpaired) electrons. The fourth-order valence-electron chi connectivity index (χ4n) is 6.00. The number of thiophene rings is 2. The molecule has 0 unspecified atom stereocenters. The number of nitrogens with zero attached hydrogens (tertiary/aromatic N) is 3. The summed E-state index contributed by atoms with van der Waals surface area (Å²) in [5, 5.41) is 20.5. The Bertz CT molecular complexity index is 2980. The van der Waals surface area contributed by atoms with Crippen molar-refractivity contribution in [3.05, 3.63) is 180 Å². The third kappa shape index (κ3) is 12.6. The highest BCUT2D eigenvalue weighted by Crippen LogP contribution is 2.28. The Balaban J connectivity index is 0.000000177. The zero-order chi connectivity index (χ0) is 45.0. The molecule has 0 aliphatic carbocycles. The van der Waals surface area contributed by atoms with Crippen LogP contribution in [0.15, 0.2) is 128 Å². The van der Waals surface area contributed by atoms with Crippen LogP contribution >= 0.6 is 77.7 Å². The van der Waals surface area contributed by atoms with E-state index < -0.39 is 5.97 Å². The van der Waals surface area contributed by atoms with Gasteiger partial charge in [0.25, 0.3) is 17.0 Å². The number of para-hydroxylation sites is 2. The molecule has 0 amide bonds. The Morgan fingerprint density at radius 3 is 1.73 bits per heavy atom. The molecule has 0 saturated carbocycles. The van der Waals surface area contributed by atoms with Crippen LogP contribution in [0.4, 0.5) is 0 Å². The van der Waals surface area contributed by atoms with E-state index in [-0.39, 0.29) is 22.6 Å². The largest absolute Gasteiger partial charge is 0.496 e. The number of rotatable bonds is 12. The summed E-state index contributed by atoms with van der Waals surface area (Å²) < 4.78 is 14.0. The van der Waals surface area contributed by atoms with Gasteiger partial charge < -0.3 is 24.5 Å². The van der Waals surface area contributed by atoms with E-state index in [2.05, 4.69) is 57.1 Å². The first-order chi connectivity index (χ1) is 30.3. The number of methoxy groups -OCH3 is 2. The standard InChI is InChI=1S/C22H17BrClN3O3S.C14H11BrClN3OS.C8H8O3/c1-30-19-5-3-2-4-16(19)22(29)27-14(6-7-15-8-9-20(24)31-15)11-18(26-27)13-10-17(23)21(28)25-12-13;15-11-5-8(7-17-14(11)20)12-6-9(18-19-12)1-2-10-3-4-13(16)21-10;1-11-7-5-3-2-4-6(7)8(9)10/h2-5,8-12H,6-7H2,1H3,(H,25,28);3-7H,1-2H2,(H,17,20)(H,18,19);2-5H,1H3,(H,9,10). The molecule has 19 heteroatoms. The fraction of sp³-hybridized carbons (Fsp3) is 0.136. The second-order valence-corrected chi connectivity index (χ2v) is 18.6. The maximum Gasteiger partial charge on any atom is 0.339 e. The molecule has 0 atom stereocenters. The van der Waals surface area contributed by atoms with Crippen LogP contribution < -0.4 is 20.6 Å². The minimum atomic E-state index is -0.970. The Morgan fingerprint density at radius 1 is 0.698 bits per heavy atom. The van der Waals surface area contributed by atoms with Crippen LogP contribution in [-0.4, -0.2) is 61.1 Å². The lowest BCUT2D eigenvalue weighted by Crippen LogP contribution is -2.18. The molecule has 63 heavy (non-hydrogen) atoms. The van der Waals surface area contributed by atoms with Crippen molar-refractivity contribution in [2.45, 2.75) is 25.7 Å². The number of H-pyrrole nitrogens is 3. The number of aromatic carboxylic acids is 1. The number of pyridine rings is 2. The van der Waals surface area contributed by atoms with Gasteiger partial charge in [0.1, 0.15) is 17.1 Å². The second-order valence-electron chi connectivity index (χ2n) is 13.3. The number of aryl methyl sites for hydroxylation is 4. The average Bonchev–Trinajstić information content (AvgIpc) is 4.12. The van der Waals surface area contributed by atoms with Crippen molar-refractivity contribution < 1.29 is 24.2 Å². The first-order valence-corrected chi connectivity index (χ1v) is 22.7. The monoisotopic (exact) mass is 1050 g/mol. The lowest BCUT2D eigenvalue weighted by atomic mass is 10.1. The van der Waals surface area contributed by atoms with E-state index in [1.807, 2.05) is 42.5 Å². The molecule has 0 fully saturated rings. The third-order valence-electron chi connectivity index (χ3n) is 9.11. The highest BCUT2D eigenvalue weighted by Gasteiger charge is 2.21. The molecule has 8 rings (SSSR count). The van der Waals surface area contributed by atoms with Gasteiger partial charge in [-0.15, -0.1) is 22.7 Å².